The summed E-state index contributed by atoms with van der Waals surface area (Å²) in [5.74, 6) is 1.09. The summed E-state index contributed by atoms with van der Waals surface area (Å²) in [4.78, 5) is 14.6. The van der Waals surface area contributed by atoms with Crippen molar-refractivity contribution in [3.8, 4) is 5.75 Å². The molecule has 2 N–H and O–H groups in total. The number of nitrogens with zero attached hydrogens (tertiary/aromatic N) is 1. The molecule has 1 aromatic carbocycles. The summed E-state index contributed by atoms with van der Waals surface area (Å²) >= 11 is 0. The van der Waals surface area contributed by atoms with Crippen LogP contribution < -0.4 is 10.5 Å². The maximum absolute atomic E-state index is 12.6. The fourth-order valence-electron chi connectivity index (χ4n) is 3.12. The third-order valence-electron chi connectivity index (χ3n) is 4.59. The molecule has 0 saturated carbocycles. The molecule has 0 spiro atoms. The highest BCUT2D eigenvalue weighted by atomic mass is 16.5. The van der Waals surface area contributed by atoms with Crippen molar-refractivity contribution in [2.45, 2.75) is 19.8 Å². The SMILES string of the molecule is CC1(CN)CCN(C(=O)C2COc3ccccc3C2)C1. The first-order valence-electron chi connectivity index (χ1n) is 7.31. The lowest BCUT2D eigenvalue weighted by Crippen LogP contribution is -2.41. The minimum absolute atomic E-state index is 0.0509. The van der Waals surface area contributed by atoms with E-state index in [1.165, 1.54) is 0 Å². The van der Waals surface area contributed by atoms with Gasteiger partial charge in [0.2, 0.25) is 5.91 Å². The quantitative estimate of drug-likeness (QED) is 0.887. The molecule has 2 atom stereocenters. The summed E-state index contributed by atoms with van der Waals surface area (Å²) < 4.78 is 5.72. The van der Waals surface area contributed by atoms with Crippen LogP contribution in [0.1, 0.15) is 18.9 Å². The topological polar surface area (TPSA) is 55.6 Å². The molecule has 2 aliphatic heterocycles. The van der Waals surface area contributed by atoms with Crippen LogP contribution >= 0.6 is 0 Å². The molecule has 3 rings (SSSR count). The molecular formula is C16H22N2O2. The van der Waals surface area contributed by atoms with Gasteiger partial charge in [0.25, 0.3) is 0 Å². The molecule has 2 heterocycles. The summed E-state index contributed by atoms with van der Waals surface area (Å²) in [6.07, 6.45) is 1.78. The second-order valence-corrected chi connectivity index (χ2v) is 6.34. The molecule has 0 bridgehead atoms. The molecule has 1 aromatic rings. The minimum atomic E-state index is -0.0509. The van der Waals surface area contributed by atoms with Crippen molar-refractivity contribution in [2.75, 3.05) is 26.2 Å². The molecule has 1 fully saturated rings. The van der Waals surface area contributed by atoms with Crippen LogP contribution in [0.3, 0.4) is 0 Å². The van der Waals surface area contributed by atoms with Gasteiger partial charge in [0.1, 0.15) is 12.4 Å². The van der Waals surface area contributed by atoms with Crippen molar-refractivity contribution in [1.82, 2.24) is 4.90 Å². The van der Waals surface area contributed by atoms with Crippen LogP contribution in [0, 0.1) is 11.3 Å². The van der Waals surface area contributed by atoms with E-state index in [9.17, 15) is 4.79 Å². The van der Waals surface area contributed by atoms with Crippen molar-refractivity contribution in [3.63, 3.8) is 0 Å². The van der Waals surface area contributed by atoms with Crippen LogP contribution in [-0.2, 0) is 11.2 Å². The Hall–Kier alpha value is -1.55. The van der Waals surface area contributed by atoms with Crippen molar-refractivity contribution in [2.24, 2.45) is 17.1 Å². The van der Waals surface area contributed by atoms with Crippen molar-refractivity contribution in [1.29, 1.82) is 0 Å². The van der Waals surface area contributed by atoms with E-state index < -0.39 is 0 Å². The Morgan fingerprint density at radius 2 is 2.30 bits per heavy atom. The number of nitrogens with two attached hydrogens (primary N) is 1. The largest absolute Gasteiger partial charge is 0.492 e. The number of fused-ring (bicyclic) bond motifs is 1. The van der Waals surface area contributed by atoms with Gasteiger partial charge in [-0.1, -0.05) is 25.1 Å². The van der Waals surface area contributed by atoms with Crippen LogP contribution in [-0.4, -0.2) is 37.0 Å². The van der Waals surface area contributed by atoms with E-state index in [1.54, 1.807) is 0 Å². The van der Waals surface area contributed by atoms with E-state index in [4.69, 9.17) is 10.5 Å². The minimum Gasteiger partial charge on any atom is -0.492 e. The molecular weight excluding hydrogens is 252 g/mol. The van der Waals surface area contributed by atoms with Gasteiger partial charge in [0.15, 0.2) is 0 Å². The standard InChI is InChI=1S/C16H22N2O2/c1-16(10-17)6-7-18(11-16)15(19)13-8-12-4-2-3-5-14(12)20-9-13/h2-5,13H,6-11,17H2,1H3. The van der Waals surface area contributed by atoms with E-state index >= 15 is 0 Å². The summed E-state index contributed by atoms with van der Waals surface area (Å²) in [6.45, 7) is 4.89. The van der Waals surface area contributed by atoms with E-state index in [-0.39, 0.29) is 17.2 Å². The number of ether oxygens (including phenoxy) is 1. The van der Waals surface area contributed by atoms with Gasteiger partial charge in [-0.3, -0.25) is 4.79 Å². The third-order valence-corrected chi connectivity index (χ3v) is 4.59. The number of likely N-dealkylation sites (tertiary alicyclic amines) is 1. The Labute approximate surface area is 119 Å². The number of amides is 1. The fraction of sp³-hybridized carbons (Fsp3) is 0.562. The summed E-state index contributed by atoms with van der Waals surface area (Å²) in [7, 11) is 0. The monoisotopic (exact) mass is 274 g/mol. The zero-order valence-electron chi connectivity index (χ0n) is 12.0. The molecule has 2 aliphatic rings. The molecule has 2 unspecified atom stereocenters. The van der Waals surface area contributed by atoms with Gasteiger partial charge < -0.3 is 15.4 Å². The molecule has 0 aromatic heterocycles. The average molecular weight is 274 g/mol. The first-order valence-corrected chi connectivity index (χ1v) is 7.31. The maximum Gasteiger partial charge on any atom is 0.229 e. The fourth-order valence-corrected chi connectivity index (χ4v) is 3.12. The van der Waals surface area contributed by atoms with E-state index in [1.807, 2.05) is 29.2 Å². The number of carbonyl (C=O) groups excluding carboxylic acids is 1. The predicted octanol–water partition coefficient (Wildman–Crippen LogP) is 1.43. The molecule has 1 amide bonds. The lowest BCUT2D eigenvalue weighted by Gasteiger charge is -2.29. The van der Waals surface area contributed by atoms with Crippen molar-refractivity contribution < 1.29 is 9.53 Å². The first-order chi connectivity index (χ1) is 9.61. The van der Waals surface area contributed by atoms with Crippen LogP contribution in [0.2, 0.25) is 0 Å². The zero-order chi connectivity index (χ0) is 14.2. The van der Waals surface area contributed by atoms with Gasteiger partial charge in [-0.05, 0) is 36.4 Å². The van der Waals surface area contributed by atoms with Gasteiger partial charge in [-0.2, -0.15) is 0 Å². The molecule has 4 nitrogen and oxygen atoms in total. The van der Waals surface area contributed by atoms with Gasteiger partial charge in [-0.25, -0.2) is 0 Å². The Morgan fingerprint density at radius 1 is 1.50 bits per heavy atom. The third kappa shape index (κ3) is 2.40. The maximum atomic E-state index is 12.6. The van der Waals surface area contributed by atoms with Gasteiger partial charge in [-0.15, -0.1) is 0 Å². The summed E-state index contributed by atoms with van der Waals surface area (Å²) in [5, 5.41) is 0. The normalized spacial score (nSPS) is 28.9. The molecule has 0 radical (unpaired) electrons. The Kier molecular flexibility index (Phi) is 3.42. The summed E-state index contributed by atoms with van der Waals surface area (Å²) in [5.41, 5.74) is 7.03. The predicted molar refractivity (Wildman–Crippen MR) is 77.5 cm³/mol. The Morgan fingerprint density at radius 3 is 3.05 bits per heavy atom. The summed E-state index contributed by atoms with van der Waals surface area (Å²) in [6, 6.07) is 7.98. The number of hydrogen-bond acceptors (Lipinski definition) is 3. The van der Waals surface area contributed by atoms with Crippen LogP contribution in [0.4, 0.5) is 0 Å². The van der Waals surface area contributed by atoms with E-state index in [0.29, 0.717) is 13.2 Å². The zero-order valence-corrected chi connectivity index (χ0v) is 12.0. The van der Waals surface area contributed by atoms with Crippen LogP contribution in [0.15, 0.2) is 24.3 Å². The highest BCUT2D eigenvalue weighted by Crippen LogP contribution is 2.32. The smallest absolute Gasteiger partial charge is 0.229 e. The second-order valence-electron chi connectivity index (χ2n) is 6.34. The molecule has 1 saturated heterocycles. The number of benzene rings is 1. The highest BCUT2D eigenvalue weighted by molar-refractivity contribution is 5.80. The van der Waals surface area contributed by atoms with E-state index in [2.05, 4.69) is 6.92 Å². The van der Waals surface area contributed by atoms with Crippen molar-refractivity contribution >= 4 is 5.91 Å². The second kappa shape index (κ2) is 5.09. The lowest BCUT2D eigenvalue weighted by molar-refractivity contribution is -0.136. The van der Waals surface area contributed by atoms with E-state index in [0.717, 1.165) is 37.2 Å². The molecule has 108 valence electrons. The van der Waals surface area contributed by atoms with Gasteiger partial charge in [0.05, 0.1) is 5.92 Å². The first kappa shape index (κ1) is 13.4. The Balaban J connectivity index is 1.68. The Bertz CT molecular complexity index is 517. The van der Waals surface area contributed by atoms with Gasteiger partial charge in [0, 0.05) is 13.1 Å². The van der Waals surface area contributed by atoms with Gasteiger partial charge >= 0.3 is 0 Å². The number of carbonyl (C=O) groups is 1. The lowest BCUT2D eigenvalue weighted by atomic mass is 9.90. The molecule has 4 heteroatoms. The number of rotatable bonds is 2. The molecule has 20 heavy (non-hydrogen) atoms. The average Bonchev–Trinajstić information content (AvgIpc) is 2.89. The van der Waals surface area contributed by atoms with Crippen LogP contribution in [0.5, 0.6) is 5.75 Å². The van der Waals surface area contributed by atoms with Crippen LogP contribution in [0.25, 0.3) is 0 Å². The number of para-hydroxylation sites is 1. The van der Waals surface area contributed by atoms with Crippen molar-refractivity contribution in [3.05, 3.63) is 29.8 Å². The highest BCUT2D eigenvalue weighted by Gasteiger charge is 2.38. The molecule has 0 aliphatic carbocycles. The number of hydrogen-bond donors (Lipinski definition) is 1.